The fourth-order valence-corrected chi connectivity index (χ4v) is 2.13. The van der Waals surface area contributed by atoms with Gasteiger partial charge in [0, 0.05) is 12.8 Å². The number of carbonyl (C=O) groups is 2. The first kappa shape index (κ1) is 13.6. The highest BCUT2D eigenvalue weighted by Crippen LogP contribution is 2.20. The van der Waals surface area contributed by atoms with Gasteiger partial charge in [-0.2, -0.15) is 0 Å². The highest BCUT2D eigenvalue weighted by atomic mass is 19.1. The van der Waals surface area contributed by atoms with Crippen LogP contribution >= 0.6 is 0 Å². The summed E-state index contributed by atoms with van der Waals surface area (Å²) in [7, 11) is 0. The monoisotopic (exact) mass is 264 g/mol. The van der Waals surface area contributed by atoms with Crippen LogP contribution in [0, 0.1) is 11.6 Å². The SMILES string of the molecule is O=C1CCCCC=C1CC(=O)c1cc(F)ccc1F. The van der Waals surface area contributed by atoms with E-state index in [1.165, 1.54) is 0 Å². The fourth-order valence-electron chi connectivity index (χ4n) is 2.13. The Labute approximate surface area is 110 Å². The lowest BCUT2D eigenvalue weighted by Gasteiger charge is -2.05. The summed E-state index contributed by atoms with van der Waals surface area (Å²) >= 11 is 0. The van der Waals surface area contributed by atoms with Crippen LogP contribution in [0.3, 0.4) is 0 Å². The van der Waals surface area contributed by atoms with Gasteiger partial charge in [-0.25, -0.2) is 8.78 Å². The van der Waals surface area contributed by atoms with Gasteiger partial charge in [0.1, 0.15) is 11.6 Å². The second kappa shape index (κ2) is 5.87. The second-order valence-electron chi connectivity index (χ2n) is 4.62. The van der Waals surface area contributed by atoms with Crippen molar-refractivity contribution in [2.24, 2.45) is 0 Å². The van der Waals surface area contributed by atoms with Crippen molar-refractivity contribution in [3.63, 3.8) is 0 Å². The van der Waals surface area contributed by atoms with Crippen LogP contribution in [0.2, 0.25) is 0 Å². The zero-order chi connectivity index (χ0) is 13.8. The van der Waals surface area contributed by atoms with Gasteiger partial charge in [-0.15, -0.1) is 0 Å². The number of hydrogen-bond donors (Lipinski definition) is 0. The Hall–Kier alpha value is -1.84. The zero-order valence-corrected chi connectivity index (χ0v) is 10.4. The lowest BCUT2D eigenvalue weighted by molar-refractivity contribution is -0.115. The Kier molecular flexibility index (Phi) is 4.20. The van der Waals surface area contributed by atoms with Gasteiger partial charge < -0.3 is 0 Å². The molecule has 0 fully saturated rings. The van der Waals surface area contributed by atoms with Crippen molar-refractivity contribution in [2.45, 2.75) is 32.1 Å². The van der Waals surface area contributed by atoms with Crippen molar-refractivity contribution in [1.82, 2.24) is 0 Å². The van der Waals surface area contributed by atoms with E-state index in [-0.39, 0.29) is 17.8 Å². The van der Waals surface area contributed by atoms with Crippen LogP contribution in [0.15, 0.2) is 29.8 Å². The fraction of sp³-hybridized carbons (Fsp3) is 0.333. The predicted octanol–water partition coefficient (Wildman–Crippen LogP) is 3.61. The minimum atomic E-state index is -0.756. The molecule has 4 heteroatoms. The van der Waals surface area contributed by atoms with Crippen molar-refractivity contribution in [2.75, 3.05) is 0 Å². The normalized spacial score (nSPS) is 15.9. The third-order valence-electron chi connectivity index (χ3n) is 3.19. The highest BCUT2D eigenvalue weighted by Gasteiger charge is 2.19. The summed E-state index contributed by atoms with van der Waals surface area (Å²) in [6.45, 7) is 0. The van der Waals surface area contributed by atoms with Crippen molar-refractivity contribution in [3.05, 3.63) is 47.0 Å². The van der Waals surface area contributed by atoms with E-state index in [0.29, 0.717) is 12.0 Å². The second-order valence-corrected chi connectivity index (χ2v) is 4.62. The smallest absolute Gasteiger partial charge is 0.170 e. The largest absolute Gasteiger partial charge is 0.295 e. The van der Waals surface area contributed by atoms with E-state index in [9.17, 15) is 18.4 Å². The highest BCUT2D eigenvalue weighted by molar-refractivity contribution is 6.05. The lowest BCUT2D eigenvalue weighted by atomic mass is 9.98. The Morgan fingerprint density at radius 2 is 2.00 bits per heavy atom. The quantitative estimate of drug-likeness (QED) is 0.781. The molecule has 2 rings (SSSR count). The van der Waals surface area contributed by atoms with E-state index in [0.717, 1.165) is 37.5 Å². The number of benzene rings is 1. The minimum Gasteiger partial charge on any atom is -0.295 e. The number of Topliss-reactive ketones (excluding diaryl/α,β-unsaturated/α-hetero) is 2. The van der Waals surface area contributed by atoms with Crippen LogP contribution in [0.5, 0.6) is 0 Å². The molecule has 2 nitrogen and oxygen atoms in total. The molecule has 0 N–H and O–H groups in total. The average molecular weight is 264 g/mol. The minimum absolute atomic E-state index is 0.0670. The number of halogens is 2. The number of allylic oxidation sites excluding steroid dienone is 2. The molecule has 1 aliphatic carbocycles. The van der Waals surface area contributed by atoms with Crippen molar-refractivity contribution < 1.29 is 18.4 Å². The molecule has 0 bridgehead atoms. The molecular formula is C15H14F2O2. The number of hydrogen-bond acceptors (Lipinski definition) is 2. The molecule has 1 aromatic rings. The summed E-state index contributed by atoms with van der Waals surface area (Å²) in [4.78, 5) is 23.7. The van der Waals surface area contributed by atoms with E-state index in [4.69, 9.17) is 0 Å². The maximum atomic E-state index is 13.5. The third kappa shape index (κ3) is 3.34. The van der Waals surface area contributed by atoms with Crippen LogP contribution < -0.4 is 0 Å². The van der Waals surface area contributed by atoms with E-state index in [1.54, 1.807) is 6.08 Å². The first-order valence-electron chi connectivity index (χ1n) is 6.28. The Morgan fingerprint density at radius 3 is 2.79 bits per heavy atom. The lowest BCUT2D eigenvalue weighted by Crippen LogP contribution is -2.09. The van der Waals surface area contributed by atoms with Gasteiger partial charge in [0.05, 0.1) is 5.56 Å². The molecular weight excluding hydrogens is 250 g/mol. The van der Waals surface area contributed by atoms with Crippen LogP contribution in [-0.2, 0) is 4.79 Å². The van der Waals surface area contributed by atoms with E-state index < -0.39 is 17.4 Å². The molecule has 0 aromatic heterocycles. The number of carbonyl (C=O) groups excluding carboxylic acids is 2. The molecule has 19 heavy (non-hydrogen) atoms. The average Bonchev–Trinajstić information content (AvgIpc) is 2.58. The van der Waals surface area contributed by atoms with Crippen LogP contribution in [0.4, 0.5) is 8.78 Å². The summed E-state index contributed by atoms with van der Waals surface area (Å²) in [5, 5.41) is 0. The number of rotatable bonds is 3. The van der Waals surface area contributed by atoms with Gasteiger partial charge >= 0.3 is 0 Å². The van der Waals surface area contributed by atoms with E-state index in [2.05, 4.69) is 0 Å². The maximum Gasteiger partial charge on any atom is 0.170 e. The summed E-state index contributed by atoms with van der Waals surface area (Å²) in [6, 6.07) is 2.76. The standard InChI is InChI=1S/C15H14F2O2/c16-11-6-7-13(17)12(9-11)15(19)8-10-4-2-1-3-5-14(10)18/h4,6-7,9H,1-3,5,8H2. The van der Waals surface area contributed by atoms with E-state index >= 15 is 0 Å². The molecule has 100 valence electrons. The number of ketones is 2. The Balaban J connectivity index is 2.18. The third-order valence-corrected chi connectivity index (χ3v) is 3.19. The molecule has 0 amide bonds. The molecule has 0 atom stereocenters. The van der Waals surface area contributed by atoms with Gasteiger partial charge in [0.15, 0.2) is 11.6 Å². The predicted molar refractivity (Wildman–Crippen MR) is 66.9 cm³/mol. The zero-order valence-electron chi connectivity index (χ0n) is 10.4. The van der Waals surface area contributed by atoms with Gasteiger partial charge in [0.25, 0.3) is 0 Å². The molecule has 0 spiro atoms. The molecule has 0 aliphatic heterocycles. The molecule has 0 saturated heterocycles. The molecule has 0 heterocycles. The van der Waals surface area contributed by atoms with Gasteiger partial charge in [0.2, 0.25) is 0 Å². The Morgan fingerprint density at radius 1 is 1.21 bits per heavy atom. The Bertz CT molecular complexity index is 547. The van der Waals surface area contributed by atoms with Crippen LogP contribution in [0.25, 0.3) is 0 Å². The molecule has 1 aliphatic rings. The first-order valence-corrected chi connectivity index (χ1v) is 6.28. The summed E-state index contributed by atoms with van der Waals surface area (Å²) < 4.78 is 26.5. The van der Waals surface area contributed by atoms with Crippen molar-refractivity contribution >= 4 is 11.6 Å². The molecule has 0 unspecified atom stereocenters. The van der Waals surface area contributed by atoms with E-state index in [1.807, 2.05) is 0 Å². The summed E-state index contributed by atoms with van der Waals surface area (Å²) in [5.74, 6) is -2.04. The van der Waals surface area contributed by atoms with Gasteiger partial charge in [-0.05, 0) is 43.0 Å². The maximum absolute atomic E-state index is 13.5. The molecule has 1 aromatic carbocycles. The molecule has 0 saturated carbocycles. The topological polar surface area (TPSA) is 34.1 Å². The van der Waals surface area contributed by atoms with Gasteiger partial charge in [-0.3, -0.25) is 9.59 Å². The van der Waals surface area contributed by atoms with Crippen molar-refractivity contribution in [3.8, 4) is 0 Å². The first-order chi connectivity index (χ1) is 9.08. The van der Waals surface area contributed by atoms with Crippen LogP contribution in [0.1, 0.15) is 42.5 Å². The molecule has 0 radical (unpaired) electrons. The van der Waals surface area contributed by atoms with Crippen molar-refractivity contribution in [1.29, 1.82) is 0 Å². The summed E-state index contributed by atoms with van der Waals surface area (Å²) in [5.41, 5.74) is 0.129. The van der Waals surface area contributed by atoms with Crippen LogP contribution in [-0.4, -0.2) is 11.6 Å². The summed E-state index contributed by atoms with van der Waals surface area (Å²) in [6.07, 6.45) is 4.48. The van der Waals surface area contributed by atoms with Gasteiger partial charge in [-0.1, -0.05) is 6.08 Å².